The Balaban J connectivity index is 1.80. The Kier molecular flexibility index (Phi) is 4.20. The lowest BCUT2D eigenvalue weighted by Gasteiger charge is -2.05. The van der Waals surface area contributed by atoms with Crippen LogP contribution in [0.2, 0.25) is 0 Å². The first-order chi connectivity index (χ1) is 10.8. The number of benzene rings is 2. The smallest absolute Gasteiger partial charge is 0.150 e. The van der Waals surface area contributed by atoms with Crippen molar-refractivity contribution in [2.75, 3.05) is 5.43 Å². The molecule has 1 N–H and O–H groups in total. The van der Waals surface area contributed by atoms with E-state index in [4.69, 9.17) is 0 Å². The van der Waals surface area contributed by atoms with Crippen LogP contribution < -0.4 is 5.43 Å². The molecule has 0 fully saturated rings. The first-order valence-electron chi connectivity index (χ1n) is 7.06. The SMILES string of the molecule is Cc1nc(N/N=C/c2ccccc2)cc(-c2ccccc2)n1. The summed E-state index contributed by atoms with van der Waals surface area (Å²) in [5.74, 6) is 1.39. The van der Waals surface area contributed by atoms with Crippen LogP contribution in [0.4, 0.5) is 5.82 Å². The Morgan fingerprint density at radius 1 is 0.909 bits per heavy atom. The average Bonchev–Trinajstić information content (AvgIpc) is 2.56. The van der Waals surface area contributed by atoms with Gasteiger partial charge in [-0.3, -0.25) is 5.43 Å². The van der Waals surface area contributed by atoms with E-state index in [1.807, 2.05) is 73.7 Å². The minimum Gasteiger partial charge on any atom is -0.261 e. The molecule has 0 radical (unpaired) electrons. The summed E-state index contributed by atoms with van der Waals surface area (Å²) in [6.07, 6.45) is 1.76. The number of hydrogen-bond acceptors (Lipinski definition) is 4. The molecule has 0 aliphatic carbocycles. The van der Waals surface area contributed by atoms with Gasteiger partial charge in [-0.1, -0.05) is 60.7 Å². The maximum Gasteiger partial charge on any atom is 0.150 e. The Bertz CT molecular complexity index is 768. The third-order valence-electron chi connectivity index (χ3n) is 3.10. The molecule has 0 spiro atoms. The van der Waals surface area contributed by atoms with Gasteiger partial charge < -0.3 is 0 Å². The molecule has 3 aromatic rings. The molecule has 0 atom stereocenters. The molecule has 0 aliphatic rings. The average molecular weight is 288 g/mol. The minimum atomic E-state index is 0.679. The van der Waals surface area contributed by atoms with Crippen LogP contribution in [0.25, 0.3) is 11.3 Å². The van der Waals surface area contributed by atoms with Gasteiger partial charge in [-0.2, -0.15) is 5.10 Å². The second-order valence-electron chi connectivity index (χ2n) is 4.83. The number of nitrogens with zero attached hydrogens (tertiary/aromatic N) is 3. The van der Waals surface area contributed by atoms with E-state index in [0.29, 0.717) is 11.6 Å². The van der Waals surface area contributed by atoms with Crippen LogP contribution in [-0.4, -0.2) is 16.2 Å². The first kappa shape index (κ1) is 13.9. The van der Waals surface area contributed by atoms with E-state index in [-0.39, 0.29) is 0 Å². The van der Waals surface area contributed by atoms with Crippen molar-refractivity contribution in [3.63, 3.8) is 0 Å². The fraction of sp³-hybridized carbons (Fsp3) is 0.0556. The highest BCUT2D eigenvalue weighted by atomic mass is 15.3. The molecule has 4 nitrogen and oxygen atoms in total. The third-order valence-corrected chi connectivity index (χ3v) is 3.10. The quantitative estimate of drug-likeness (QED) is 0.585. The summed E-state index contributed by atoms with van der Waals surface area (Å²) in [4.78, 5) is 8.82. The first-order valence-corrected chi connectivity index (χ1v) is 7.06. The lowest BCUT2D eigenvalue weighted by molar-refractivity contribution is 1.05. The molecular weight excluding hydrogens is 272 g/mol. The number of anilines is 1. The van der Waals surface area contributed by atoms with Gasteiger partial charge in [0.05, 0.1) is 11.9 Å². The Morgan fingerprint density at radius 3 is 2.32 bits per heavy atom. The summed E-state index contributed by atoms with van der Waals surface area (Å²) in [5, 5.41) is 4.22. The van der Waals surface area contributed by atoms with Crippen molar-refractivity contribution in [3.8, 4) is 11.3 Å². The van der Waals surface area contributed by atoms with Crippen LogP contribution in [0.5, 0.6) is 0 Å². The van der Waals surface area contributed by atoms with Crippen molar-refractivity contribution in [3.05, 3.63) is 78.1 Å². The molecule has 0 saturated carbocycles. The molecule has 3 rings (SSSR count). The summed E-state index contributed by atoms with van der Waals surface area (Å²) < 4.78 is 0. The Hall–Kier alpha value is -3.01. The molecule has 108 valence electrons. The fourth-order valence-corrected chi connectivity index (χ4v) is 2.09. The van der Waals surface area contributed by atoms with E-state index < -0.39 is 0 Å². The van der Waals surface area contributed by atoms with Gasteiger partial charge in [0.25, 0.3) is 0 Å². The van der Waals surface area contributed by atoms with Gasteiger partial charge in [-0.05, 0) is 12.5 Å². The molecule has 4 heteroatoms. The van der Waals surface area contributed by atoms with Crippen molar-refractivity contribution in [1.29, 1.82) is 0 Å². The summed E-state index contributed by atoms with van der Waals surface area (Å²) in [6, 6.07) is 21.8. The van der Waals surface area contributed by atoms with Gasteiger partial charge in [-0.15, -0.1) is 0 Å². The van der Waals surface area contributed by atoms with Crippen molar-refractivity contribution >= 4 is 12.0 Å². The van der Waals surface area contributed by atoms with Gasteiger partial charge in [0.1, 0.15) is 11.6 Å². The zero-order valence-corrected chi connectivity index (χ0v) is 12.3. The maximum absolute atomic E-state index is 4.47. The summed E-state index contributed by atoms with van der Waals surface area (Å²) in [5.41, 5.74) is 5.93. The largest absolute Gasteiger partial charge is 0.261 e. The van der Waals surface area contributed by atoms with E-state index >= 15 is 0 Å². The maximum atomic E-state index is 4.47. The van der Waals surface area contributed by atoms with Crippen molar-refractivity contribution < 1.29 is 0 Å². The lowest BCUT2D eigenvalue weighted by Crippen LogP contribution is -1.98. The molecule has 0 saturated heterocycles. The van der Waals surface area contributed by atoms with Gasteiger partial charge in [0, 0.05) is 11.6 Å². The number of aryl methyl sites for hydroxylation is 1. The van der Waals surface area contributed by atoms with Gasteiger partial charge in [-0.25, -0.2) is 9.97 Å². The monoisotopic (exact) mass is 288 g/mol. The number of hydrazone groups is 1. The predicted molar refractivity (Wildman–Crippen MR) is 89.9 cm³/mol. The molecule has 22 heavy (non-hydrogen) atoms. The van der Waals surface area contributed by atoms with Gasteiger partial charge in [0.2, 0.25) is 0 Å². The van der Waals surface area contributed by atoms with E-state index in [1.165, 1.54) is 0 Å². The standard InChI is InChI=1S/C18H16N4/c1-14-20-17(16-10-6-3-7-11-16)12-18(21-14)22-19-13-15-8-4-2-5-9-15/h2-13H,1H3,(H,20,21,22)/b19-13+. The van der Waals surface area contributed by atoms with E-state index in [2.05, 4.69) is 20.5 Å². The third kappa shape index (κ3) is 3.55. The van der Waals surface area contributed by atoms with Crippen LogP contribution in [0.1, 0.15) is 11.4 Å². The number of hydrogen-bond donors (Lipinski definition) is 1. The molecule has 1 heterocycles. The second kappa shape index (κ2) is 6.63. The van der Waals surface area contributed by atoms with Crippen LogP contribution in [0.3, 0.4) is 0 Å². The van der Waals surface area contributed by atoms with Crippen LogP contribution in [0, 0.1) is 6.92 Å². The number of nitrogens with one attached hydrogen (secondary N) is 1. The highest BCUT2D eigenvalue weighted by molar-refractivity contribution is 5.80. The van der Waals surface area contributed by atoms with E-state index in [1.54, 1.807) is 6.21 Å². The second-order valence-corrected chi connectivity index (χ2v) is 4.83. The molecule has 2 aromatic carbocycles. The Morgan fingerprint density at radius 2 is 1.59 bits per heavy atom. The topological polar surface area (TPSA) is 50.2 Å². The zero-order valence-electron chi connectivity index (χ0n) is 12.3. The van der Waals surface area contributed by atoms with Crippen molar-refractivity contribution in [2.45, 2.75) is 6.92 Å². The minimum absolute atomic E-state index is 0.679. The van der Waals surface area contributed by atoms with Crippen LogP contribution >= 0.6 is 0 Å². The number of aromatic nitrogens is 2. The molecular formula is C18H16N4. The predicted octanol–water partition coefficient (Wildman–Crippen LogP) is 3.90. The Labute approximate surface area is 129 Å². The molecule has 0 unspecified atom stereocenters. The van der Waals surface area contributed by atoms with Crippen LogP contribution in [0.15, 0.2) is 71.8 Å². The molecule has 0 aliphatic heterocycles. The van der Waals surface area contributed by atoms with Gasteiger partial charge >= 0.3 is 0 Å². The lowest BCUT2D eigenvalue weighted by atomic mass is 10.1. The summed E-state index contributed by atoms with van der Waals surface area (Å²) >= 11 is 0. The molecule has 1 aromatic heterocycles. The molecule has 0 bridgehead atoms. The molecule has 0 amide bonds. The number of rotatable bonds is 4. The normalized spacial score (nSPS) is 10.8. The van der Waals surface area contributed by atoms with Crippen LogP contribution in [-0.2, 0) is 0 Å². The highest BCUT2D eigenvalue weighted by Gasteiger charge is 2.03. The fourth-order valence-electron chi connectivity index (χ4n) is 2.09. The van der Waals surface area contributed by atoms with Gasteiger partial charge in [0.15, 0.2) is 0 Å². The zero-order chi connectivity index (χ0) is 15.2. The summed E-state index contributed by atoms with van der Waals surface area (Å²) in [6.45, 7) is 1.87. The summed E-state index contributed by atoms with van der Waals surface area (Å²) in [7, 11) is 0. The highest BCUT2D eigenvalue weighted by Crippen LogP contribution is 2.19. The van der Waals surface area contributed by atoms with E-state index in [0.717, 1.165) is 16.8 Å². The van der Waals surface area contributed by atoms with E-state index in [9.17, 15) is 0 Å². The van der Waals surface area contributed by atoms with Crippen molar-refractivity contribution in [1.82, 2.24) is 9.97 Å². The van der Waals surface area contributed by atoms with Crippen molar-refractivity contribution in [2.24, 2.45) is 5.10 Å².